The lowest BCUT2D eigenvalue weighted by molar-refractivity contribution is -0.150. The highest BCUT2D eigenvalue weighted by Gasteiger charge is 2.28. The van der Waals surface area contributed by atoms with Gasteiger partial charge in [0.1, 0.15) is 5.92 Å². The fourth-order valence-electron chi connectivity index (χ4n) is 2.93. The lowest BCUT2D eigenvalue weighted by atomic mass is 9.98. The van der Waals surface area contributed by atoms with E-state index in [2.05, 4.69) is 5.32 Å². The van der Waals surface area contributed by atoms with Crippen LogP contribution in [0.1, 0.15) is 12.5 Å². The number of ether oxygens (including phenoxy) is 1. The van der Waals surface area contributed by atoms with Crippen molar-refractivity contribution in [1.82, 2.24) is 0 Å². The van der Waals surface area contributed by atoms with Gasteiger partial charge in [0, 0.05) is 11.1 Å². The number of carbonyl (C=O) groups excluding carboxylic acids is 2. The van der Waals surface area contributed by atoms with Crippen LogP contribution in [0.2, 0.25) is 0 Å². The monoisotopic (exact) mass is 347 g/mol. The Morgan fingerprint density at radius 3 is 2.38 bits per heavy atom. The van der Waals surface area contributed by atoms with Crippen LogP contribution in [0.5, 0.6) is 0 Å². The summed E-state index contributed by atoms with van der Waals surface area (Å²) in [4.78, 5) is 25.2. The quantitative estimate of drug-likeness (QED) is 0.537. The molecule has 3 aromatic rings. The Bertz CT molecular complexity index is 900. The van der Waals surface area contributed by atoms with Crippen LogP contribution in [-0.4, -0.2) is 18.5 Å². The predicted octanol–water partition coefficient (Wildman–Crippen LogP) is 4.20. The lowest BCUT2D eigenvalue weighted by Crippen LogP contribution is -2.33. The third-order valence-electron chi connectivity index (χ3n) is 4.22. The summed E-state index contributed by atoms with van der Waals surface area (Å²) in [6.45, 7) is 1.98. The molecular weight excluding hydrogens is 326 g/mol. The molecule has 4 heteroatoms. The summed E-state index contributed by atoms with van der Waals surface area (Å²) in [6, 6.07) is 23.0. The van der Waals surface area contributed by atoms with Crippen LogP contribution in [-0.2, 0) is 20.7 Å². The SMILES string of the molecule is CCOC(=O)[C@@H](Cc1ccccc1)C(=O)Nc1cccc2ccccc12. The van der Waals surface area contributed by atoms with Gasteiger partial charge >= 0.3 is 5.97 Å². The number of rotatable bonds is 6. The molecule has 0 fully saturated rings. The van der Waals surface area contributed by atoms with E-state index >= 15 is 0 Å². The number of amides is 1. The van der Waals surface area contributed by atoms with Gasteiger partial charge in [-0.1, -0.05) is 66.7 Å². The van der Waals surface area contributed by atoms with Crippen molar-refractivity contribution in [2.45, 2.75) is 13.3 Å². The number of carbonyl (C=O) groups is 2. The van der Waals surface area contributed by atoms with Crippen LogP contribution in [0.3, 0.4) is 0 Å². The summed E-state index contributed by atoms with van der Waals surface area (Å²) in [5, 5.41) is 4.87. The molecule has 0 aliphatic heterocycles. The highest BCUT2D eigenvalue weighted by Crippen LogP contribution is 2.24. The van der Waals surface area contributed by atoms with Gasteiger partial charge in [-0.15, -0.1) is 0 Å². The molecule has 0 saturated heterocycles. The first kappa shape index (κ1) is 17.7. The standard InChI is InChI=1S/C22H21NO3/c1-2-26-22(25)19(15-16-9-4-3-5-10-16)21(24)23-20-14-8-12-17-11-6-7-13-18(17)20/h3-14,19H,2,15H2,1H3,(H,23,24)/t19-/m0/s1. The molecule has 132 valence electrons. The summed E-state index contributed by atoms with van der Waals surface area (Å²) < 4.78 is 5.12. The summed E-state index contributed by atoms with van der Waals surface area (Å²) in [5.74, 6) is -1.76. The van der Waals surface area contributed by atoms with E-state index in [0.717, 1.165) is 16.3 Å². The maximum atomic E-state index is 12.9. The van der Waals surface area contributed by atoms with Crippen LogP contribution in [0, 0.1) is 5.92 Å². The van der Waals surface area contributed by atoms with Crippen molar-refractivity contribution in [2.24, 2.45) is 5.92 Å². The molecule has 0 saturated carbocycles. The molecule has 0 aliphatic rings. The molecule has 0 aliphatic carbocycles. The average molecular weight is 347 g/mol. The molecule has 3 rings (SSSR count). The largest absolute Gasteiger partial charge is 0.465 e. The van der Waals surface area contributed by atoms with Crippen LogP contribution in [0.25, 0.3) is 10.8 Å². The van der Waals surface area contributed by atoms with Crippen molar-refractivity contribution in [2.75, 3.05) is 11.9 Å². The number of hydrogen-bond acceptors (Lipinski definition) is 3. The third kappa shape index (κ3) is 4.09. The van der Waals surface area contributed by atoms with Gasteiger partial charge in [-0.25, -0.2) is 0 Å². The van der Waals surface area contributed by atoms with Gasteiger partial charge in [-0.3, -0.25) is 9.59 Å². The summed E-state index contributed by atoms with van der Waals surface area (Å²) >= 11 is 0. The molecule has 0 aromatic heterocycles. The molecule has 4 nitrogen and oxygen atoms in total. The van der Waals surface area contributed by atoms with Crippen LogP contribution < -0.4 is 5.32 Å². The van der Waals surface area contributed by atoms with Gasteiger partial charge in [-0.05, 0) is 30.4 Å². The first-order valence-electron chi connectivity index (χ1n) is 8.68. The normalized spacial score (nSPS) is 11.7. The minimum absolute atomic E-state index is 0.242. The molecule has 0 spiro atoms. The van der Waals surface area contributed by atoms with Crippen LogP contribution in [0.15, 0.2) is 72.8 Å². The Morgan fingerprint density at radius 1 is 0.923 bits per heavy atom. The van der Waals surface area contributed by atoms with Gasteiger partial charge in [0.15, 0.2) is 0 Å². The van der Waals surface area contributed by atoms with Crippen molar-refractivity contribution < 1.29 is 14.3 Å². The zero-order chi connectivity index (χ0) is 18.4. The second-order valence-corrected chi connectivity index (χ2v) is 6.01. The predicted molar refractivity (Wildman–Crippen MR) is 103 cm³/mol. The zero-order valence-electron chi connectivity index (χ0n) is 14.6. The topological polar surface area (TPSA) is 55.4 Å². The molecule has 3 aromatic carbocycles. The molecular formula is C22H21NO3. The second-order valence-electron chi connectivity index (χ2n) is 6.01. The summed E-state index contributed by atoms with van der Waals surface area (Å²) in [7, 11) is 0. The molecule has 0 radical (unpaired) electrons. The van der Waals surface area contributed by atoms with Crippen molar-refractivity contribution in [3.8, 4) is 0 Å². The van der Waals surface area contributed by atoms with E-state index in [4.69, 9.17) is 4.74 Å². The summed E-state index contributed by atoms with van der Waals surface area (Å²) in [5.41, 5.74) is 1.61. The number of benzene rings is 3. The van der Waals surface area contributed by atoms with Crippen molar-refractivity contribution in [3.63, 3.8) is 0 Å². The highest BCUT2D eigenvalue weighted by atomic mass is 16.5. The Labute approximate surface area is 152 Å². The Balaban J connectivity index is 1.85. The van der Waals surface area contributed by atoms with E-state index in [1.54, 1.807) is 6.92 Å². The summed E-state index contributed by atoms with van der Waals surface area (Å²) in [6.07, 6.45) is 0.302. The second kappa shape index (κ2) is 8.30. The zero-order valence-corrected chi connectivity index (χ0v) is 14.6. The third-order valence-corrected chi connectivity index (χ3v) is 4.22. The minimum atomic E-state index is -0.892. The number of nitrogens with one attached hydrogen (secondary N) is 1. The van der Waals surface area contributed by atoms with E-state index < -0.39 is 11.9 Å². The Kier molecular flexibility index (Phi) is 5.64. The van der Waals surface area contributed by atoms with Crippen molar-refractivity contribution in [3.05, 3.63) is 78.4 Å². The van der Waals surface area contributed by atoms with Gasteiger partial charge in [0.05, 0.1) is 6.61 Å². The smallest absolute Gasteiger partial charge is 0.318 e. The van der Waals surface area contributed by atoms with E-state index in [9.17, 15) is 9.59 Å². The van der Waals surface area contributed by atoms with Gasteiger partial charge in [-0.2, -0.15) is 0 Å². The molecule has 26 heavy (non-hydrogen) atoms. The maximum Gasteiger partial charge on any atom is 0.318 e. The molecule has 1 amide bonds. The first-order chi connectivity index (χ1) is 12.7. The average Bonchev–Trinajstić information content (AvgIpc) is 2.67. The molecule has 0 bridgehead atoms. The Morgan fingerprint density at radius 2 is 1.62 bits per heavy atom. The minimum Gasteiger partial charge on any atom is -0.465 e. The van der Waals surface area contributed by atoms with E-state index in [0.29, 0.717) is 12.1 Å². The van der Waals surface area contributed by atoms with Crippen LogP contribution >= 0.6 is 0 Å². The number of anilines is 1. The molecule has 1 N–H and O–H groups in total. The lowest BCUT2D eigenvalue weighted by Gasteiger charge is -2.16. The number of esters is 1. The van der Waals surface area contributed by atoms with Crippen LogP contribution in [0.4, 0.5) is 5.69 Å². The molecule has 0 unspecified atom stereocenters. The number of fused-ring (bicyclic) bond motifs is 1. The highest BCUT2D eigenvalue weighted by molar-refractivity contribution is 6.09. The fraction of sp³-hybridized carbons (Fsp3) is 0.182. The molecule has 0 heterocycles. The van der Waals surface area contributed by atoms with Gasteiger partial charge < -0.3 is 10.1 Å². The van der Waals surface area contributed by atoms with Crippen molar-refractivity contribution in [1.29, 1.82) is 0 Å². The maximum absolute atomic E-state index is 12.9. The fourth-order valence-corrected chi connectivity index (χ4v) is 2.93. The molecule has 1 atom stereocenters. The van der Waals surface area contributed by atoms with E-state index in [1.807, 2.05) is 72.8 Å². The first-order valence-corrected chi connectivity index (χ1v) is 8.68. The Hall–Kier alpha value is -3.14. The van der Waals surface area contributed by atoms with Gasteiger partial charge in [0.2, 0.25) is 5.91 Å². The van der Waals surface area contributed by atoms with E-state index in [1.165, 1.54) is 0 Å². The number of hydrogen-bond donors (Lipinski definition) is 1. The van der Waals surface area contributed by atoms with Crippen molar-refractivity contribution >= 4 is 28.3 Å². The van der Waals surface area contributed by atoms with Gasteiger partial charge in [0.25, 0.3) is 0 Å². The van der Waals surface area contributed by atoms with E-state index in [-0.39, 0.29) is 12.5 Å².